The van der Waals surface area contributed by atoms with Crippen molar-refractivity contribution < 1.29 is 9.90 Å². The predicted molar refractivity (Wildman–Crippen MR) is 68.8 cm³/mol. The SMILES string of the molecule is O=C(O)c1csc2c(I)c(S)ccc12. The van der Waals surface area contributed by atoms with Crippen molar-refractivity contribution >= 4 is 62.6 Å². The first-order valence-electron chi connectivity index (χ1n) is 3.73. The topological polar surface area (TPSA) is 37.3 Å². The van der Waals surface area contributed by atoms with E-state index in [2.05, 4.69) is 35.2 Å². The van der Waals surface area contributed by atoms with Crippen LogP contribution in [0.3, 0.4) is 0 Å². The smallest absolute Gasteiger partial charge is 0.337 e. The van der Waals surface area contributed by atoms with E-state index in [1.54, 1.807) is 11.4 Å². The van der Waals surface area contributed by atoms with Gasteiger partial charge in [0, 0.05) is 23.9 Å². The van der Waals surface area contributed by atoms with Crippen molar-refractivity contribution in [2.75, 3.05) is 0 Å². The number of hydrogen-bond donors (Lipinski definition) is 2. The zero-order valence-electron chi connectivity index (χ0n) is 6.82. The van der Waals surface area contributed by atoms with Gasteiger partial charge in [0.2, 0.25) is 0 Å². The second-order valence-electron chi connectivity index (χ2n) is 2.73. The molecular weight excluding hydrogens is 331 g/mol. The zero-order chi connectivity index (χ0) is 10.3. The molecule has 1 heterocycles. The molecule has 0 spiro atoms. The van der Waals surface area contributed by atoms with Crippen molar-refractivity contribution in [3.05, 3.63) is 26.6 Å². The molecule has 1 N–H and O–H groups in total. The second kappa shape index (κ2) is 3.71. The first-order valence-corrected chi connectivity index (χ1v) is 6.14. The number of carbonyl (C=O) groups is 1. The van der Waals surface area contributed by atoms with Crippen molar-refractivity contribution in [3.63, 3.8) is 0 Å². The van der Waals surface area contributed by atoms with E-state index in [4.69, 9.17) is 5.11 Å². The highest BCUT2D eigenvalue weighted by molar-refractivity contribution is 14.1. The summed E-state index contributed by atoms with van der Waals surface area (Å²) in [6, 6.07) is 3.63. The largest absolute Gasteiger partial charge is 0.478 e. The van der Waals surface area contributed by atoms with E-state index < -0.39 is 5.97 Å². The number of benzene rings is 1. The number of aromatic carboxylic acids is 1. The molecule has 72 valence electrons. The molecule has 0 aliphatic carbocycles. The van der Waals surface area contributed by atoms with Gasteiger partial charge in [0.15, 0.2) is 0 Å². The monoisotopic (exact) mass is 336 g/mol. The van der Waals surface area contributed by atoms with Gasteiger partial charge in [-0.2, -0.15) is 0 Å². The summed E-state index contributed by atoms with van der Waals surface area (Å²) in [4.78, 5) is 11.7. The van der Waals surface area contributed by atoms with Gasteiger partial charge in [0.05, 0.1) is 5.56 Å². The van der Waals surface area contributed by atoms with E-state index in [-0.39, 0.29) is 0 Å². The third-order valence-corrected chi connectivity index (χ3v) is 5.19. The summed E-state index contributed by atoms with van der Waals surface area (Å²) in [5, 5.41) is 11.4. The average molecular weight is 336 g/mol. The molecule has 1 aromatic carbocycles. The minimum absolute atomic E-state index is 0.372. The number of carboxylic acids is 1. The molecule has 5 heteroatoms. The molecule has 0 atom stereocenters. The zero-order valence-corrected chi connectivity index (χ0v) is 10.7. The van der Waals surface area contributed by atoms with Crippen LogP contribution in [-0.4, -0.2) is 11.1 Å². The van der Waals surface area contributed by atoms with Gasteiger partial charge in [-0.15, -0.1) is 24.0 Å². The van der Waals surface area contributed by atoms with Crippen LogP contribution in [0.5, 0.6) is 0 Å². The van der Waals surface area contributed by atoms with Gasteiger partial charge in [0.1, 0.15) is 0 Å². The highest BCUT2D eigenvalue weighted by atomic mass is 127. The van der Waals surface area contributed by atoms with E-state index >= 15 is 0 Å². The van der Waals surface area contributed by atoms with Gasteiger partial charge in [-0.05, 0) is 28.7 Å². The van der Waals surface area contributed by atoms with Gasteiger partial charge in [0.25, 0.3) is 0 Å². The maximum atomic E-state index is 10.9. The maximum absolute atomic E-state index is 10.9. The average Bonchev–Trinajstić information content (AvgIpc) is 2.55. The van der Waals surface area contributed by atoms with Crippen molar-refractivity contribution in [2.45, 2.75) is 4.90 Å². The van der Waals surface area contributed by atoms with E-state index in [1.807, 2.05) is 6.07 Å². The van der Waals surface area contributed by atoms with Crippen molar-refractivity contribution in [1.82, 2.24) is 0 Å². The second-order valence-corrected chi connectivity index (χ2v) is 5.17. The molecule has 2 nitrogen and oxygen atoms in total. The Morgan fingerprint density at radius 3 is 2.86 bits per heavy atom. The Morgan fingerprint density at radius 1 is 1.50 bits per heavy atom. The molecule has 0 radical (unpaired) electrons. The van der Waals surface area contributed by atoms with E-state index in [1.165, 1.54) is 11.3 Å². The lowest BCUT2D eigenvalue weighted by atomic mass is 10.2. The van der Waals surface area contributed by atoms with Crippen LogP contribution in [0, 0.1) is 3.57 Å². The van der Waals surface area contributed by atoms with Crippen molar-refractivity contribution in [3.8, 4) is 0 Å². The highest BCUT2D eigenvalue weighted by Crippen LogP contribution is 2.33. The molecule has 0 aliphatic heterocycles. The lowest BCUT2D eigenvalue weighted by molar-refractivity contribution is 0.0699. The molecule has 0 saturated carbocycles. The minimum Gasteiger partial charge on any atom is -0.478 e. The van der Waals surface area contributed by atoms with Gasteiger partial charge in [-0.3, -0.25) is 0 Å². The summed E-state index contributed by atoms with van der Waals surface area (Å²) >= 11 is 7.91. The summed E-state index contributed by atoms with van der Waals surface area (Å²) in [5.74, 6) is -0.876. The van der Waals surface area contributed by atoms with E-state index in [9.17, 15) is 4.79 Å². The maximum Gasteiger partial charge on any atom is 0.337 e. The number of thiophene rings is 1. The highest BCUT2D eigenvalue weighted by Gasteiger charge is 2.13. The molecule has 0 fully saturated rings. The minimum atomic E-state index is -0.876. The number of carboxylic acid groups (broad SMARTS) is 1. The number of thiol groups is 1. The fourth-order valence-electron chi connectivity index (χ4n) is 1.22. The standard InChI is InChI=1S/C9H5IO2S2/c10-7-6(13)2-1-4-5(9(11)12)3-14-8(4)7/h1-3,13H,(H,11,12). The molecule has 0 unspecified atom stereocenters. The number of halogens is 1. The number of fused-ring (bicyclic) bond motifs is 1. The van der Waals surface area contributed by atoms with Crippen LogP contribution in [-0.2, 0) is 0 Å². The third-order valence-electron chi connectivity index (χ3n) is 1.89. The Labute approximate surface area is 103 Å². The molecular formula is C9H5IO2S2. The van der Waals surface area contributed by atoms with Gasteiger partial charge >= 0.3 is 5.97 Å². The first kappa shape index (κ1) is 10.3. The Kier molecular flexibility index (Phi) is 2.72. The van der Waals surface area contributed by atoms with Crippen LogP contribution in [0.25, 0.3) is 10.1 Å². The molecule has 1 aromatic heterocycles. The summed E-state index contributed by atoms with van der Waals surface area (Å²) in [7, 11) is 0. The Bertz CT molecular complexity index is 519. The van der Waals surface area contributed by atoms with Crippen LogP contribution < -0.4 is 0 Å². The van der Waals surface area contributed by atoms with Gasteiger partial charge in [-0.25, -0.2) is 4.79 Å². The lowest BCUT2D eigenvalue weighted by Gasteiger charge is -1.98. The van der Waals surface area contributed by atoms with Crippen LogP contribution in [0.15, 0.2) is 22.4 Å². The van der Waals surface area contributed by atoms with Crippen molar-refractivity contribution in [2.24, 2.45) is 0 Å². The fraction of sp³-hybridized carbons (Fsp3) is 0. The molecule has 2 rings (SSSR count). The molecule has 0 bridgehead atoms. The molecule has 14 heavy (non-hydrogen) atoms. The quantitative estimate of drug-likeness (QED) is 0.618. The molecule has 0 amide bonds. The van der Waals surface area contributed by atoms with Gasteiger partial charge in [-0.1, -0.05) is 6.07 Å². The van der Waals surface area contributed by atoms with Crippen LogP contribution >= 0.6 is 46.6 Å². The Morgan fingerprint density at radius 2 is 2.21 bits per heavy atom. The van der Waals surface area contributed by atoms with Crippen LogP contribution in [0.1, 0.15) is 10.4 Å². The third kappa shape index (κ3) is 1.53. The van der Waals surface area contributed by atoms with Crippen LogP contribution in [0.2, 0.25) is 0 Å². The number of rotatable bonds is 1. The van der Waals surface area contributed by atoms with Crippen LogP contribution in [0.4, 0.5) is 0 Å². The molecule has 0 saturated heterocycles. The first-order chi connectivity index (χ1) is 6.61. The summed E-state index contributed by atoms with van der Waals surface area (Å²) in [6.07, 6.45) is 0. The molecule has 2 aromatic rings. The van der Waals surface area contributed by atoms with E-state index in [0.717, 1.165) is 18.6 Å². The Hall–Kier alpha value is -0.270. The van der Waals surface area contributed by atoms with Gasteiger partial charge < -0.3 is 5.11 Å². The Balaban J connectivity index is 2.83. The summed E-state index contributed by atoms with van der Waals surface area (Å²) < 4.78 is 2.01. The lowest BCUT2D eigenvalue weighted by Crippen LogP contribution is -1.93. The molecule has 0 aliphatic rings. The predicted octanol–water partition coefficient (Wildman–Crippen LogP) is 3.49. The summed E-state index contributed by atoms with van der Waals surface area (Å²) in [5.41, 5.74) is 0.372. The normalized spacial score (nSPS) is 10.7. The van der Waals surface area contributed by atoms with E-state index in [0.29, 0.717) is 5.56 Å². The number of hydrogen-bond acceptors (Lipinski definition) is 3. The summed E-state index contributed by atoms with van der Waals surface area (Å²) in [6.45, 7) is 0. The fourth-order valence-corrected chi connectivity index (χ4v) is 3.32. The van der Waals surface area contributed by atoms with Crippen molar-refractivity contribution in [1.29, 1.82) is 0 Å².